The summed E-state index contributed by atoms with van der Waals surface area (Å²) in [7, 11) is 2.07. The SMILES string of the molecule is CNC1CCCN(CCc2ccccc2)C1.Cl. The van der Waals surface area contributed by atoms with Gasteiger partial charge in [0.05, 0.1) is 0 Å². The van der Waals surface area contributed by atoms with Crippen molar-refractivity contribution in [2.45, 2.75) is 25.3 Å². The first kappa shape index (κ1) is 14.5. The third-order valence-corrected chi connectivity index (χ3v) is 3.47. The van der Waals surface area contributed by atoms with Crippen molar-refractivity contribution in [1.82, 2.24) is 10.2 Å². The number of piperidine rings is 1. The molecule has 3 heteroatoms. The highest BCUT2D eigenvalue weighted by molar-refractivity contribution is 5.85. The number of hydrogen-bond donors (Lipinski definition) is 1. The molecule has 1 aliphatic rings. The van der Waals surface area contributed by atoms with Crippen LogP contribution in [0.3, 0.4) is 0 Å². The van der Waals surface area contributed by atoms with Gasteiger partial charge >= 0.3 is 0 Å². The minimum atomic E-state index is 0. The van der Waals surface area contributed by atoms with E-state index in [4.69, 9.17) is 0 Å². The molecule has 1 fully saturated rings. The third-order valence-electron chi connectivity index (χ3n) is 3.47. The fourth-order valence-corrected chi connectivity index (χ4v) is 2.43. The average Bonchev–Trinajstić information content (AvgIpc) is 2.38. The average molecular weight is 255 g/mol. The molecule has 1 atom stereocenters. The largest absolute Gasteiger partial charge is 0.316 e. The zero-order valence-corrected chi connectivity index (χ0v) is 11.4. The van der Waals surface area contributed by atoms with Gasteiger partial charge < -0.3 is 10.2 Å². The molecule has 0 spiro atoms. The molecule has 2 rings (SSSR count). The van der Waals surface area contributed by atoms with Gasteiger partial charge in [-0.25, -0.2) is 0 Å². The lowest BCUT2D eigenvalue weighted by Gasteiger charge is -2.32. The number of rotatable bonds is 4. The molecule has 0 bridgehead atoms. The number of halogens is 1. The summed E-state index contributed by atoms with van der Waals surface area (Å²) in [5.41, 5.74) is 1.45. The second-order valence-electron chi connectivity index (χ2n) is 4.66. The van der Waals surface area contributed by atoms with Crippen molar-refractivity contribution < 1.29 is 0 Å². The standard InChI is InChI=1S/C14H22N2.ClH/c1-15-14-8-5-10-16(12-14)11-9-13-6-3-2-4-7-13;/h2-4,6-7,14-15H,5,8-12H2,1H3;1H. The van der Waals surface area contributed by atoms with Crippen LogP contribution in [0.15, 0.2) is 30.3 Å². The molecule has 0 amide bonds. The van der Waals surface area contributed by atoms with Crippen molar-refractivity contribution in [3.63, 3.8) is 0 Å². The van der Waals surface area contributed by atoms with E-state index in [9.17, 15) is 0 Å². The number of benzene rings is 1. The number of likely N-dealkylation sites (N-methyl/N-ethyl adjacent to an activating group) is 1. The predicted molar refractivity (Wildman–Crippen MR) is 75.9 cm³/mol. The van der Waals surface area contributed by atoms with Crippen LogP contribution < -0.4 is 5.32 Å². The van der Waals surface area contributed by atoms with Gasteiger partial charge in [0.15, 0.2) is 0 Å². The fourth-order valence-electron chi connectivity index (χ4n) is 2.43. The van der Waals surface area contributed by atoms with Crippen LogP contribution in [0, 0.1) is 0 Å². The molecule has 96 valence electrons. The van der Waals surface area contributed by atoms with E-state index in [2.05, 4.69) is 47.6 Å². The van der Waals surface area contributed by atoms with Crippen molar-refractivity contribution in [3.8, 4) is 0 Å². The number of nitrogens with zero attached hydrogens (tertiary/aromatic N) is 1. The van der Waals surface area contributed by atoms with Gasteiger partial charge in [-0.3, -0.25) is 0 Å². The van der Waals surface area contributed by atoms with Gasteiger partial charge in [-0.05, 0) is 38.4 Å². The van der Waals surface area contributed by atoms with E-state index >= 15 is 0 Å². The lowest BCUT2D eigenvalue weighted by Crippen LogP contribution is -2.44. The van der Waals surface area contributed by atoms with Crippen LogP contribution >= 0.6 is 12.4 Å². The highest BCUT2D eigenvalue weighted by atomic mass is 35.5. The van der Waals surface area contributed by atoms with Crippen molar-refractivity contribution >= 4 is 12.4 Å². The van der Waals surface area contributed by atoms with Crippen LogP contribution in [0.2, 0.25) is 0 Å². The maximum atomic E-state index is 3.39. The summed E-state index contributed by atoms with van der Waals surface area (Å²) in [5.74, 6) is 0. The number of nitrogens with one attached hydrogen (secondary N) is 1. The molecule has 1 N–H and O–H groups in total. The van der Waals surface area contributed by atoms with Gasteiger partial charge in [0.1, 0.15) is 0 Å². The molecular formula is C14H23ClN2. The Bertz CT molecular complexity index is 302. The summed E-state index contributed by atoms with van der Waals surface area (Å²) >= 11 is 0. The van der Waals surface area contributed by atoms with Gasteiger partial charge in [0.2, 0.25) is 0 Å². The van der Waals surface area contributed by atoms with Crippen molar-refractivity contribution in [3.05, 3.63) is 35.9 Å². The lowest BCUT2D eigenvalue weighted by molar-refractivity contribution is 0.197. The third kappa shape index (κ3) is 4.66. The summed E-state index contributed by atoms with van der Waals surface area (Å²) < 4.78 is 0. The van der Waals surface area contributed by atoms with E-state index in [-0.39, 0.29) is 12.4 Å². The van der Waals surface area contributed by atoms with E-state index in [0.29, 0.717) is 6.04 Å². The van der Waals surface area contributed by atoms with Crippen molar-refractivity contribution in [2.24, 2.45) is 0 Å². The topological polar surface area (TPSA) is 15.3 Å². The molecule has 17 heavy (non-hydrogen) atoms. The normalized spacial score (nSPS) is 20.9. The molecule has 0 radical (unpaired) electrons. The van der Waals surface area contributed by atoms with Gasteiger partial charge in [-0.15, -0.1) is 12.4 Å². The highest BCUT2D eigenvalue weighted by Crippen LogP contribution is 2.10. The first-order chi connectivity index (χ1) is 7.88. The molecule has 0 aromatic heterocycles. The second-order valence-corrected chi connectivity index (χ2v) is 4.66. The summed E-state index contributed by atoms with van der Waals surface area (Å²) in [6, 6.07) is 11.5. The Morgan fingerprint density at radius 2 is 2.06 bits per heavy atom. The molecule has 2 nitrogen and oxygen atoms in total. The van der Waals surface area contributed by atoms with Gasteiger partial charge in [0, 0.05) is 19.1 Å². The van der Waals surface area contributed by atoms with E-state index in [1.165, 1.54) is 44.5 Å². The minimum absolute atomic E-state index is 0. The van der Waals surface area contributed by atoms with Gasteiger partial charge in [0.25, 0.3) is 0 Å². The molecule has 0 aliphatic carbocycles. The quantitative estimate of drug-likeness (QED) is 0.887. The lowest BCUT2D eigenvalue weighted by atomic mass is 10.0. The summed E-state index contributed by atoms with van der Waals surface area (Å²) in [4.78, 5) is 2.58. The zero-order valence-electron chi connectivity index (χ0n) is 10.6. The van der Waals surface area contributed by atoms with E-state index < -0.39 is 0 Å². The monoisotopic (exact) mass is 254 g/mol. The molecule has 1 aliphatic heterocycles. The maximum Gasteiger partial charge on any atom is 0.0192 e. The molecule has 1 heterocycles. The summed E-state index contributed by atoms with van der Waals surface area (Å²) in [6.45, 7) is 3.68. The molecule has 1 unspecified atom stereocenters. The van der Waals surface area contributed by atoms with Crippen LogP contribution in [-0.2, 0) is 6.42 Å². The highest BCUT2D eigenvalue weighted by Gasteiger charge is 2.17. The van der Waals surface area contributed by atoms with Crippen LogP contribution in [-0.4, -0.2) is 37.6 Å². The van der Waals surface area contributed by atoms with E-state index in [1.54, 1.807) is 0 Å². The Balaban J connectivity index is 0.00000144. The molecule has 1 aromatic rings. The Labute approximate surface area is 111 Å². The summed E-state index contributed by atoms with van der Waals surface area (Å²) in [5, 5.41) is 3.39. The minimum Gasteiger partial charge on any atom is -0.316 e. The Morgan fingerprint density at radius 3 is 2.76 bits per heavy atom. The Hall–Kier alpha value is -0.570. The van der Waals surface area contributed by atoms with Crippen molar-refractivity contribution in [1.29, 1.82) is 0 Å². The molecular weight excluding hydrogens is 232 g/mol. The predicted octanol–water partition coefficient (Wildman–Crippen LogP) is 2.33. The first-order valence-electron chi connectivity index (χ1n) is 6.32. The van der Waals surface area contributed by atoms with Crippen molar-refractivity contribution in [2.75, 3.05) is 26.7 Å². The smallest absolute Gasteiger partial charge is 0.0192 e. The summed E-state index contributed by atoms with van der Waals surface area (Å²) in [6.07, 6.45) is 3.84. The number of likely N-dealkylation sites (tertiary alicyclic amines) is 1. The van der Waals surface area contributed by atoms with E-state index in [1.807, 2.05) is 0 Å². The van der Waals surface area contributed by atoms with Crippen LogP contribution in [0.5, 0.6) is 0 Å². The molecule has 1 saturated heterocycles. The second kappa shape index (κ2) is 7.70. The van der Waals surface area contributed by atoms with Crippen LogP contribution in [0.25, 0.3) is 0 Å². The Morgan fingerprint density at radius 1 is 1.29 bits per heavy atom. The molecule has 1 aromatic carbocycles. The Kier molecular flexibility index (Phi) is 6.56. The van der Waals surface area contributed by atoms with E-state index in [0.717, 1.165) is 0 Å². The fraction of sp³-hybridized carbons (Fsp3) is 0.571. The first-order valence-corrected chi connectivity index (χ1v) is 6.32. The van der Waals surface area contributed by atoms with Gasteiger partial charge in [-0.1, -0.05) is 30.3 Å². The van der Waals surface area contributed by atoms with Gasteiger partial charge in [-0.2, -0.15) is 0 Å². The maximum absolute atomic E-state index is 3.39. The zero-order chi connectivity index (χ0) is 11.2. The van der Waals surface area contributed by atoms with Crippen LogP contribution in [0.4, 0.5) is 0 Å². The molecule has 0 saturated carbocycles. The van der Waals surface area contributed by atoms with Crippen LogP contribution in [0.1, 0.15) is 18.4 Å². The number of hydrogen-bond acceptors (Lipinski definition) is 2.